The molecular weight excluding hydrogens is 468 g/mol. The molecule has 2 bridgehead atoms. The van der Waals surface area contributed by atoms with Gasteiger partial charge in [-0.15, -0.1) is 0 Å². The third kappa shape index (κ3) is 3.72. The van der Waals surface area contributed by atoms with Gasteiger partial charge in [0.15, 0.2) is 0 Å². The third-order valence-corrected chi connectivity index (χ3v) is 11.3. The molecule has 0 spiro atoms. The molecule has 1 aromatic heterocycles. The second-order valence-electron chi connectivity index (χ2n) is 12.3. The molecule has 0 radical (unpaired) electrons. The summed E-state index contributed by atoms with van der Waals surface area (Å²) in [6.07, 6.45) is 7.15. The van der Waals surface area contributed by atoms with Gasteiger partial charge in [0, 0.05) is 44.7 Å². The number of amides is 2. The standard InChI is InChI=1S/C29H38N4O2S/c1-18-14-21-15-23(18)26-25(21)28(34)33(29(26)35)17-20-7-3-2-6-19(20)16-31-10-12-32(13-11-31)27-22-8-4-5-9-24(22)36-30-27/h4-5,8-9,18-21,23,25-26H,2-3,6-7,10-17H2,1H3/t18-,19?,20+,21-,23-,25+,26-/m1/s1. The number of likely N-dealkylation sites (tertiary alicyclic amines) is 1. The molecule has 0 N–H and O–H groups in total. The molecule has 3 aliphatic carbocycles. The molecule has 2 aliphatic heterocycles. The average Bonchev–Trinajstić information content (AvgIpc) is 3.64. The minimum atomic E-state index is 0.00293. The average molecular weight is 507 g/mol. The van der Waals surface area contributed by atoms with E-state index < -0.39 is 0 Å². The van der Waals surface area contributed by atoms with Crippen molar-refractivity contribution in [2.75, 3.05) is 44.2 Å². The van der Waals surface area contributed by atoms with Crippen LogP contribution in [0.2, 0.25) is 0 Å². The van der Waals surface area contributed by atoms with Gasteiger partial charge in [-0.1, -0.05) is 31.9 Å². The molecule has 1 aromatic carbocycles. The van der Waals surface area contributed by atoms with Gasteiger partial charge in [-0.05, 0) is 78.9 Å². The van der Waals surface area contributed by atoms with Gasteiger partial charge in [0.25, 0.3) is 0 Å². The highest BCUT2D eigenvalue weighted by molar-refractivity contribution is 7.13. The summed E-state index contributed by atoms with van der Waals surface area (Å²) >= 11 is 1.60. The minimum Gasteiger partial charge on any atom is -0.353 e. The lowest BCUT2D eigenvalue weighted by atomic mass is 9.76. The number of anilines is 1. The summed E-state index contributed by atoms with van der Waals surface area (Å²) in [4.78, 5) is 33.6. The van der Waals surface area contributed by atoms with Crippen LogP contribution in [0.25, 0.3) is 10.1 Å². The number of aromatic nitrogens is 1. The van der Waals surface area contributed by atoms with Gasteiger partial charge >= 0.3 is 0 Å². The number of nitrogens with zero attached hydrogens (tertiary/aromatic N) is 4. The van der Waals surface area contributed by atoms with Crippen LogP contribution in [0.4, 0.5) is 5.82 Å². The summed E-state index contributed by atoms with van der Waals surface area (Å²) in [5.41, 5.74) is 0. The molecule has 2 amide bonds. The number of piperazine rings is 1. The van der Waals surface area contributed by atoms with Crippen LogP contribution in [0, 0.1) is 41.4 Å². The van der Waals surface area contributed by atoms with Crippen molar-refractivity contribution >= 4 is 39.3 Å². The predicted octanol–water partition coefficient (Wildman–Crippen LogP) is 4.50. The Bertz CT molecular complexity index is 1160. The number of hydrogen-bond donors (Lipinski definition) is 0. The van der Waals surface area contributed by atoms with E-state index in [1.54, 1.807) is 16.4 Å². The van der Waals surface area contributed by atoms with Gasteiger partial charge in [-0.2, -0.15) is 4.37 Å². The van der Waals surface area contributed by atoms with Crippen molar-refractivity contribution < 1.29 is 9.59 Å². The summed E-state index contributed by atoms with van der Waals surface area (Å²) in [6.45, 7) is 8.20. The second kappa shape index (κ2) is 9.09. The Labute approximate surface area is 218 Å². The first kappa shape index (κ1) is 23.2. The van der Waals surface area contributed by atoms with Gasteiger partial charge in [-0.25, -0.2) is 0 Å². The first-order chi connectivity index (χ1) is 17.6. The van der Waals surface area contributed by atoms with E-state index in [4.69, 9.17) is 4.37 Å². The van der Waals surface area contributed by atoms with E-state index in [-0.39, 0.29) is 23.7 Å². The maximum atomic E-state index is 13.4. The van der Waals surface area contributed by atoms with Crippen molar-refractivity contribution in [2.45, 2.75) is 45.4 Å². The highest BCUT2D eigenvalue weighted by Gasteiger charge is 2.63. The second-order valence-corrected chi connectivity index (χ2v) is 13.1. The number of benzene rings is 1. The zero-order valence-corrected chi connectivity index (χ0v) is 22.2. The number of hydrogen-bond acceptors (Lipinski definition) is 6. The van der Waals surface area contributed by atoms with Crippen LogP contribution in [0.5, 0.6) is 0 Å². The largest absolute Gasteiger partial charge is 0.353 e. The van der Waals surface area contributed by atoms with Crippen molar-refractivity contribution in [3.63, 3.8) is 0 Å². The first-order valence-corrected chi connectivity index (χ1v) is 15.0. The summed E-state index contributed by atoms with van der Waals surface area (Å²) < 4.78 is 6.03. The van der Waals surface area contributed by atoms with Crippen molar-refractivity contribution in [3.05, 3.63) is 24.3 Å². The van der Waals surface area contributed by atoms with Crippen molar-refractivity contribution in [3.8, 4) is 0 Å². The quantitative estimate of drug-likeness (QED) is 0.559. The van der Waals surface area contributed by atoms with Crippen molar-refractivity contribution in [1.29, 1.82) is 0 Å². The van der Waals surface area contributed by atoms with E-state index in [1.807, 2.05) is 0 Å². The minimum absolute atomic E-state index is 0.00293. The summed E-state index contributed by atoms with van der Waals surface area (Å²) in [5, 5.41) is 1.27. The Morgan fingerprint density at radius 3 is 2.44 bits per heavy atom. The van der Waals surface area contributed by atoms with Gasteiger partial charge in [-0.3, -0.25) is 19.4 Å². The molecule has 5 aliphatic rings. The monoisotopic (exact) mass is 506 g/mol. The number of carbonyl (C=O) groups excluding carboxylic acids is 2. The molecule has 2 aromatic rings. The third-order valence-electron chi connectivity index (χ3n) is 10.4. The Morgan fingerprint density at radius 1 is 0.917 bits per heavy atom. The highest BCUT2D eigenvalue weighted by atomic mass is 32.1. The SMILES string of the molecule is C[C@@H]1C[C@@H]2C[C@H]1[C@H]1C(=O)N(C[C@@H]3CCCCC3CN3CCN(c4nsc5ccccc45)CC3)C(=O)[C@@H]21. The molecular formula is C29H38N4O2S. The predicted molar refractivity (Wildman–Crippen MR) is 143 cm³/mol. The van der Waals surface area contributed by atoms with Crippen molar-refractivity contribution in [1.82, 2.24) is 14.2 Å². The smallest absolute Gasteiger partial charge is 0.233 e. The van der Waals surface area contributed by atoms with E-state index in [0.29, 0.717) is 36.1 Å². The summed E-state index contributed by atoms with van der Waals surface area (Å²) in [7, 11) is 0. The lowest BCUT2D eigenvalue weighted by Crippen LogP contribution is -2.49. The van der Waals surface area contributed by atoms with Gasteiger partial charge in [0.2, 0.25) is 11.8 Å². The molecule has 36 heavy (non-hydrogen) atoms. The topological polar surface area (TPSA) is 56.8 Å². The zero-order valence-electron chi connectivity index (χ0n) is 21.3. The van der Waals surface area contributed by atoms with Crippen LogP contribution in [-0.4, -0.2) is 65.3 Å². The fourth-order valence-electron chi connectivity index (χ4n) is 8.60. The van der Waals surface area contributed by atoms with Crippen LogP contribution >= 0.6 is 11.5 Å². The van der Waals surface area contributed by atoms with Crippen LogP contribution in [0.1, 0.15) is 45.4 Å². The van der Waals surface area contributed by atoms with E-state index in [9.17, 15) is 9.59 Å². The zero-order chi connectivity index (χ0) is 24.4. The molecule has 192 valence electrons. The Hall–Kier alpha value is -1.99. The number of fused-ring (bicyclic) bond motifs is 6. The Balaban J connectivity index is 0.988. The van der Waals surface area contributed by atoms with Crippen LogP contribution in [-0.2, 0) is 9.59 Å². The van der Waals surface area contributed by atoms with Crippen molar-refractivity contribution in [2.24, 2.45) is 41.4 Å². The fourth-order valence-corrected chi connectivity index (χ4v) is 9.39. The Kier molecular flexibility index (Phi) is 5.84. The lowest BCUT2D eigenvalue weighted by molar-refractivity contribution is -0.142. The molecule has 2 saturated heterocycles. The fraction of sp³-hybridized carbons (Fsp3) is 0.690. The highest BCUT2D eigenvalue weighted by Crippen LogP contribution is 2.58. The number of carbonyl (C=O) groups is 2. The Morgan fingerprint density at radius 2 is 1.64 bits per heavy atom. The molecule has 3 saturated carbocycles. The number of imide groups is 1. The molecule has 7 atom stereocenters. The molecule has 3 heterocycles. The van der Waals surface area contributed by atoms with E-state index in [0.717, 1.165) is 57.8 Å². The first-order valence-electron chi connectivity index (χ1n) is 14.3. The molecule has 5 fully saturated rings. The lowest BCUT2D eigenvalue weighted by Gasteiger charge is -2.40. The molecule has 7 heteroatoms. The molecule has 1 unspecified atom stereocenters. The van der Waals surface area contributed by atoms with Crippen LogP contribution in [0.3, 0.4) is 0 Å². The maximum Gasteiger partial charge on any atom is 0.233 e. The summed E-state index contributed by atoms with van der Waals surface area (Å²) in [6, 6.07) is 8.54. The van der Waals surface area contributed by atoms with E-state index in [1.165, 1.54) is 29.3 Å². The number of rotatable bonds is 5. The maximum absolute atomic E-state index is 13.4. The normalized spacial score (nSPS) is 36.9. The van der Waals surface area contributed by atoms with Crippen LogP contribution in [0.15, 0.2) is 24.3 Å². The van der Waals surface area contributed by atoms with Gasteiger partial charge < -0.3 is 4.90 Å². The molecule has 6 nitrogen and oxygen atoms in total. The molecule has 7 rings (SSSR count). The van der Waals surface area contributed by atoms with E-state index in [2.05, 4.69) is 41.0 Å². The summed E-state index contributed by atoms with van der Waals surface area (Å²) in [5.74, 6) is 4.08. The van der Waals surface area contributed by atoms with E-state index >= 15 is 0 Å². The van der Waals surface area contributed by atoms with Gasteiger partial charge in [0.05, 0.1) is 16.5 Å². The van der Waals surface area contributed by atoms with Gasteiger partial charge in [0.1, 0.15) is 5.82 Å². The van der Waals surface area contributed by atoms with Crippen LogP contribution < -0.4 is 4.90 Å².